The second kappa shape index (κ2) is 4.52. The van der Waals surface area contributed by atoms with E-state index < -0.39 is 0 Å². The molecule has 102 valence electrons. The number of urea groups is 1. The molecule has 0 radical (unpaired) electrons. The minimum atomic E-state index is -0.298. The number of nitrogens with zero attached hydrogens (tertiary/aromatic N) is 2. The van der Waals surface area contributed by atoms with Crippen LogP contribution < -0.4 is 15.8 Å². The highest BCUT2D eigenvalue weighted by atomic mass is 16.2. The second-order valence-electron chi connectivity index (χ2n) is 4.89. The highest BCUT2D eigenvalue weighted by molar-refractivity contribution is 5.96. The van der Waals surface area contributed by atoms with Gasteiger partial charge in [0.25, 0.3) is 5.56 Å². The van der Waals surface area contributed by atoms with Gasteiger partial charge in [-0.25, -0.2) is 4.79 Å². The fourth-order valence-electron chi connectivity index (χ4n) is 2.46. The molecule has 1 saturated heterocycles. The van der Waals surface area contributed by atoms with Crippen LogP contribution >= 0.6 is 0 Å². The monoisotopic (exact) mass is 269 g/mol. The fourth-order valence-corrected chi connectivity index (χ4v) is 2.46. The number of carbonyl (C=O) groups excluding carboxylic acids is 1. The summed E-state index contributed by atoms with van der Waals surface area (Å²) in [5, 5.41) is 3.60. The van der Waals surface area contributed by atoms with Gasteiger partial charge in [-0.3, -0.25) is 9.69 Å². The maximum absolute atomic E-state index is 12.4. The lowest BCUT2D eigenvalue weighted by Crippen LogP contribution is -2.47. The summed E-state index contributed by atoms with van der Waals surface area (Å²) in [4.78, 5) is 25.9. The van der Waals surface area contributed by atoms with Gasteiger partial charge in [0.05, 0.1) is 5.52 Å². The summed E-state index contributed by atoms with van der Waals surface area (Å²) in [5.74, 6) is 0. The van der Waals surface area contributed by atoms with Crippen LogP contribution in [0.15, 0.2) is 47.4 Å². The third-order valence-electron chi connectivity index (χ3n) is 3.57. The summed E-state index contributed by atoms with van der Waals surface area (Å²) < 4.78 is 1.57. The molecular weight excluding hydrogens is 254 g/mol. The molecule has 0 bridgehead atoms. The summed E-state index contributed by atoms with van der Waals surface area (Å²) in [5.41, 5.74) is 1.76. The van der Waals surface area contributed by atoms with Crippen molar-refractivity contribution >= 4 is 22.6 Å². The number of pyridine rings is 1. The predicted octanol–water partition coefficient (Wildman–Crippen LogP) is 1.97. The molecule has 5 heteroatoms. The summed E-state index contributed by atoms with van der Waals surface area (Å²) >= 11 is 0. The first-order valence-electron chi connectivity index (χ1n) is 6.43. The molecule has 1 aromatic carbocycles. The number of hydrogen-bond acceptors (Lipinski definition) is 2. The van der Waals surface area contributed by atoms with Gasteiger partial charge < -0.3 is 9.88 Å². The molecule has 0 spiro atoms. The first-order valence-corrected chi connectivity index (χ1v) is 6.43. The van der Waals surface area contributed by atoms with Crippen LogP contribution in [0.25, 0.3) is 10.9 Å². The van der Waals surface area contributed by atoms with Crippen LogP contribution in [-0.4, -0.2) is 17.1 Å². The molecule has 3 rings (SSSR count). The van der Waals surface area contributed by atoms with E-state index in [-0.39, 0.29) is 11.6 Å². The van der Waals surface area contributed by atoms with Crippen molar-refractivity contribution in [2.45, 2.75) is 6.42 Å². The molecule has 0 saturated carbocycles. The predicted molar refractivity (Wildman–Crippen MR) is 78.8 cm³/mol. The number of benzene rings is 1. The third-order valence-corrected chi connectivity index (χ3v) is 3.57. The van der Waals surface area contributed by atoms with Crippen molar-refractivity contribution in [1.82, 2.24) is 9.88 Å². The van der Waals surface area contributed by atoms with Crippen molar-refractivity contribution in [3.63, 3.8) is 0 Å². The Labute approximate surface area is 116 Å². The van der Waals surface area contributed by atoms with Crippen LogP contribution in [-0.2, 0) is 7.05 Å². The summed E-state index contributed by atoms with van der Waals surface area (Å²) in [6, 6.07) is 9.09. The Bertz CT molecular complexity index is 776. The maximum atomic E-state index is 12.4. The number of aryl methyl sites for hydroxylation is 1. The first kappa shape index (κ1) is 12.5. The number of rotatable bonds is 1. The Morgan fingerprint density at radius 2 is 2.00 bits per heavy atom. The van der Waals surface area contributed by atoms with Gasteiger partial charge in [-0.2, -0.15) is 0 Å². The highest BCUT2D eigenvalue weighted by Gasteiger charge is 2.24. The number of carbonyl (C=O) groups is 1. The molecule has 1 fully saturated rings. The van der Waals surface area contributed by atoms with Crippen LogP contribution in [0.2, 0.25) is 0 Å². The Balaban J connectivity index is 2.17. The molecule has 0 atom stereocenters. The van der Waals surface area contributed by atoms with Crippen LogP contribution in [0.3, 0.4) is 0 Å². The topological polar surface area (TPSA) is 54.3 Å². The number of anilines is 1. The molecule has 1 aromatic heterocycles. The maximum Gasteiger partial charge on any atom is 0.326 e. The Hall–Kier alpha value is -2.56. The minimum absolute atomic E-state index is 0.175. The van der Waals surface area contributed by atoms with Gasteiger partial charge in [-0.1, -0.05) is 24.8 Å². The highest BCUT2D eigenvalue weighted by Crippen LogP contribution is 2.20. The van der Waals surface area contributed by atoms with Crippen molar-refractivity contribution in [2.75, 3.05) is 11.4 Å². The van der Waals surface area contributed by atoms with E-state index >= 15 is 0 Å². The van der Waals surface area contributed by atoms with E-state index in [2.05, 4.69) is 11.9 Å². The minimum Gasteiger partial charge on any atom is -0.312 e. The first-order chi connectivity index (χ1) is 9.58. The van der Waals surface area contributed by atoms with Crippen LogP contribution in [0, 0.1) is 0 Å². The van der Waals surface area contributed by atoms with Crippen molar-refractivity contribution in [3.8, 4) is 0 Å². The van der Waals surface area contributed by atoms with Crippen molar-refractivity contribution in [1.29, 1.82) is 0 Å². The number of fused-ring (bicyclic) bond motifs is 1. The number of aromatic nitrogens is 1. The fraction of sp³-hybridized carbons (Fsp3) is 0.200. The van der Waals surface area contributed by atoms with E-state index in [1.54, 1.807) is 17.7 Å². The molecule has 20 heavy (non-hydrogen) atoms. The Morgan fingerprint density at radius 1 is 1.25 bits per heavy atom. The number of para-hydroxylation sites is 1. The van der Waals surface area contributed by atoms with E-state index in [0.29, 0.717) is 24.4 Å². The molecule has 1 aliphatic heterocycles. The van der Waals surface area contributed by atoms with Gasteiger partial charge in [-0.05, 0) is 12.1 Å². The smallest absolute Gasteiger partial charge is 0.312 e. The lowest BCUT2D eigenvalue weighted by atomic mass is 10.1. The zero-order valence-corrected chi connectivity index (χ0v) is 11.2. The third kappa shape index (κ3) is 1.87. The van der Waals surface area contributed by atoms with Crippen LogP contribution in [0.5, 0.6) is 0 Å². The second-order valence-corrected chi connectivity index (χ2v) is 4.89. The SMILES string of the molecule is C=C1CCN(c2cc3ccccc3n(C)c2=O)C(=O)N1. The van der Waals surface area contributed by atoms with E-state index in [4.69, 9.17) is 0 Å². The molecule has 2 heterocycles. The van der Waals surface area contributed by atoms with E-state index in [1.807, 2.05) is 24.3 Å². The normalized spacial score (nSPS) is 15.6. The molecule has 5 nitrogen and oxygen atoms in total. The van der Waals surface area contributed by atoms with Gasteiger partial charge in [-0.15, -0.1) is 0 Å². The Kier molecular flexibility index (Phi) is 2.82. The Morgan fingerprint density at radius 3 is 2.75 bits per heavy atom. The molecule has 1 aliphatic rings. The van der Waals surface area contributed by atoms with Gasteiger partial charge >= 0.3 is 6.03 Å². The molecule has 0 aliphatic carbocycles. The van der Waals surface area contributed by atoms with E-state index in [9.17, 15) is 9.59 Å². The largest absolute Gasteiger partial charge is 0.326 e. The van der Waals surface area contributed by atoms with E-state index in [0.717, 1.165) is 10.9 Å². The molecule has 2 aromatic rings. The number of nitrogens with one attached hydrogen (secondary N) is 1. The average Bonchev–Trinajstić information content (AvgIpc) is 2.43. The summed E-state index contributed by atoms with van der Waals surface area (Å²) in [7, 11) is 1.72. The lowest BCUT2D eigenvalue weighted by Gasteiger charge is -2.28. The molecule has 0 unspecified atom stereocenters. The quantitative estimate of drug-likeness (QED) is 0.860. The van der Waals surface area contributed by atoms with Gasteiger partial charge in [0.1, 0.15) is 5.69 Å². The standard InChI is InChI=1S/C15H15N3O2/c1-10-7-8-18(15(20)16-10)13-9-11-5-3-4-6-12(11)17(2)14(13)19/h3-6,9H,1,7-8H2,2H3,(H,16,20). The van der Waals surface area contributed by atoms with Crippen molar-refractivity contribution in [3.05, 3.63) is 53.0 Å². The number of hydrogen-bond donors (Lipinski definition) is 1. The van der Waals surface area contributed by atoms with Gasteiger partial charge in [0.15, 0.2) is 0 Å². The summed E-state index contributed by atoms with van der Waals surface area (Å²) in [6.07, 6.45) is 0.641. The molecule has 1 N–H and O–H groups in total. The van der Waals surface area contributed by atoms with Crippen LogP contribution in [0.1, 0.15) is 6.42 Å². The zero-order chi connectivity index (χ0) is 14.3. The van der Waals surface area contributed by atoms with Crippen molar-refractivity contribution < 1.29 is 4.79 Å². The number of amides is 2. The van der Waals surface area contributed by atoms with Gasteiger partial charge in [0, 0.05) is 31.1 Å². The zero-order valence-electron chi connectivity index (χ0n) is 11.2. The lowest BCUT2D eigenvalue weighted by molar-refractivity contribution is 0.246. The van der Waals surface area contributed by atoms with Gasteiger partial charge in [0.2, 0.25) is 0 Å². The average molecular weight is 269 g/mol. The van der Waals surface area contributed by atoms with E-state index in [1.165, 1.54) is 4.90 Å². The van der Waals surface area contributed by atoms with Crippen LogP contribution in [0.4, 0.5) is 10.5 Å². The molecule has 2 amide bonds. The summed E-state index contributed by atoms with van der Waals surface area (Å²) in [6.45, 7) is 4.21. The van der Waals surface area contributed by atoms with Crippen molar-refractivity contribution in [2.24, 2.45) is 7.05 Å². The molecular formula is C15H15N3O2.